The first kappa shape index (κ1) is 37.6. The highest BCUT2D eigenvalue weighted by Gasteiger charge is 2.27. The molecule has 0 unspecified atom stereocenters. The van der Waals surface area contributed by atoms with Crippen LogP contribution in [-0.4, -0.2) is 42.1 Å². The second-order valence-corrected chi connectivity index (χ2v) is 17.3. The average Bonchev–Trinajstić information content (AvgIpc) is 3.96. The molecule has 1 N–H and O–H groups in total. The maximum Gasteiger partial charge on any atom is 0.273 e. The van der Waals surface area contributed by atoms with E-state index >= 15 is 0 Å². The summed E-state index contributed by atoms with van der Waals surface area (Å²) in [5.41, 5.74) is 10.9. The van der Waals surface area contributed by atoms with Crippen LogP contribution < -0.4 is 4.72 Å². The highest BCUT2D eigenvalue weighted by atomic mass is 32.2. The van der Waals surface area contributed by atoms with E-state index in [0.29, 0.717) is 36.6 Å². The molecule has 0 spiro atoms. The molecule has 7 aromatic rings. The van der Waals surface area contributed by atoms with Gasteiger partial charge in [-0.1, -0.05) is 54.5 Å². The number of ether oxygens (including phenoxy) is 2. The van der Waals surface area contributed by atoms with Gasteiger partial charge < -0.3 is 14.0 Å². The van der Waals surface area contributed by atoms with Crippen molar-refractivity contribution in [1.82, 2.24) is 19.9 Å². The number of nitrogens with zero attached hydrogens (tertiary/aromatic N) is 4. The number of benzene rings is 2. The Kier molecular flexibility index (Phi) is 10.9. The van der Waals surface area contributed by atoms with Gasteiger partial charge in [0.15, 0.2) is 5.82 Å². The minimum atomic E-state index is -4.01. The van der Waals surface area contributed by atoms with Crippen LogP contribution in [0.25, 0.3) is 43.7 Å². The Balaban J connectivity index is 1.32. The molecule has 5 heterocycles. The van der Waals surface area contributed by atoms with Gasteiger partial charge in [0.25, 0.3) is 10.0 Å². The Morgan fingerprint density at radius 2 is 1.72 bits per heavy atom. The zero-order valence-electron chi connectivity index (χ0n) is 31.4. The topological polar surface area (TPSA) is 121 Å². The van der Waals surface area contributed by atoms with E-state index in [1.54, 1.807) is 32.3 Å². The number of anilines is 1. The largest absolute Gasteiger partial charge is 0.380 e. The fraction of sp³-hybridized carbons (Fsp3) is 0.293. The molecule has 0 aliphatic carbocycles. The number of fused-ring (bicyclic) bond motifs is 1. The lowest BCUT2D eigenvalue weighted by molar-refractivity contribution is 0.134. The third-order valence-corrected chi connectivity index (χ3v) is 13.3. The Bertz CT molecular complexity index is 2570. The minimum Gasteiger partial charge on any atom is -0.380 e. The summed E-state index contributed by atoms with van der Waals surface area (Å²) in [5, 5.41) is 12.3. The number of nitrogens with one attached hydrogen (secondary N) is 1. The molecule has 0 amide bonds. The van der Waals surface area contributed by atoms with Gasteiger partial charge in [0.05, 0.1) is 35.5 Å². The van der Waals surface area contributed by atoms with Gasteiger partial charge in [-0.15, -0.1) is 22.7 Å². The van der Waals surface area contributed by atoms with E-state index in [1.807, 2.05) is 32.0 Å². The molecule has 0 radical (unpaired) electrons. The quantitative estimate of drug-likeness (QED) is 0.116. The number of thiophene rings is 2. The van der Waals surface area contributed by atoms with Crippen LogP contribution in [0, 0.1) is 27.7 Å². The van der Waals surface area contributed by atoms with Crippen molar-refractivity contribution in [1.29, 1.82) is 0 Å². The molecular formula is C41H43N5O5S3. The number of rotatable bonds is 14. The smallest absolute Gasteiger partial charge is 0.273 e. The number of aryl methyl sites for hydroxylation is 4. The second-order valence-electron chi connectivity index (χ2n) is 13.2. The van der Waals surface area contributed by atoms with Gasteiger partial charge in [-0.25, -0.2) is 8.42 Å². The first-order valence-electron chi connectivity index (χ1n) is 17.8. The molecule has 2 aromatic carbocycles. The van der Waals surface area contributed by atoms with Crippen LogP contribution in [0.2, 0.25) is 0 Å². The first-order chi connectivity index (χ1) is 26.0. The van der Waals surface area contributed by atoms with Crippen molar-refractivity contribution >= 4 is 49.4 Å². The number of hydrogen-bond donors (Lipinski definition) is 1. The summed E-state index contributed by atoms with van der Waals surface area (Å²) in [6.07, 6.45) is 0.836. The van der Waals surface area contributed by atoms with Gasteiger partial charge in [-0.3, -0.25) is 14.4 Å². The lowest BCUT2D eigenvalue weighted by Gasteiger charge is -2.19. The summed E-state index contributed by atoms with van der Waals surface area (Å²) in [6.45, 7) is 13.4. The Labute approximate surface area is 323 Å². The number of sulfonamides is 1. The molecule has 54 heavy (non-hydrogen) atoms. The van der Waals surface area contributed by atoms with E-state index < -0.39 is 10.0 Å². The molecule has 0 fully saturated rings. The van der Waals surface area contributed by atoms with E-state index in [0.717, 1.165) is 77.5 Å². The van der Waals surface area contributed by atoms with Crippen LogP contribution in [-0.2, 0) is 45.7 Å². The molecule has 0 aliphatic rings. The number of methoxy groups -OCH3 is 1. The van der Waals surface area contributed by atoms with E-state index in [2.05, 4.69) is 76.3 Å². The lowest BCUT2D eigenvalue weighted by atomic mass is 9.90. The zero-order valence-corrected chi connectivity index (χ0v) is 33.9. The van der Waals surface area contributed by atoms with Crippen molar-refractivity contribution in [2.24, 2.45) is 0 Å². The first-order valence-corrected chi connectivity index (χ1v) is 21.0. The molecule has 0 saturated carbocycles. The van der Waals surface area contributed by atoms with Crippen molar-refractivity contribution in [2.75, 3.05) is 18.4 Å². The van der Waals surface area contributed by atoms with Crippen LogP contribution in [0.3, 0.4) is 0 Å². The van der Waals surface area contributed by atoms with Gasteiger partial charge in [0.2, 0.25) is 0 Å². The molecule has 0 aliphatic heterocycles. The normalized spacial score (nSPS) is 11.9. The van der Waals surface area contributed by atoms with E-state index in [9.17, 15) is 8.42 Å². The van der Waals surface area contributed by atoms with Crippen molar-refractivity contribution in [3.05, 3.63) is 110 Å². The molecule has 0 bridgehead atoms. The summed E-state index contributed by atoms with van der Waals surface area (Å²) in [6, 6.07) is 20.7. The molecular weight excluding hydrogens is 739 g/mol. The molecule has 5 aromatic heterocycles. The standard InChI is InChI=1S/C41H43N5O5S3/c1-8-30-20-36-38(26(5)42-30)39(37-14-11-17-52-37)43-46(36)21-28-15-16-31(29(19-28)22-50-9-2)32-12-10-13-33(35(32)23-49-7)34-18-24(3)53-41(34)54(47,48)45-40-25(4)27(6)51-44-40/h10-20H,8-9,21-23H2,1-7H3,(H,44,45). The molecule has 10 nitrogen and oxygen atoms in total. The summed E-state index contributed by atoms with van der Waals surface area (Å²) >= 11 is 2.89. The molecule has 7 rings (SSSR count). The summed E-state index contributed by atoms with van der Waals surface area (Å²) in [5.74, 6) is 0.734. The zero-order chi connectivity index (χ0) is 38.1. The van der Waals surface area contributed by atoms with Gasteiger partial charge >= 0.3 is 0 Å². The third-order valence-electron chi connectivity index (χ3n) is 9.55. The Hall–Kier alpha value is -4.66. The van der Waals surface area contributed by atoms with Gasteiger partial charge in [-0.05, 0) is 98.0 Å². The van der Waals surface area contributed by atoms with Crippen molar-refractivity contribution in [3.63, 3.8) is 0 Å². The third kappa shape index (κ3) is 7.26. The highest BCUT2D eigenvalue weighted by molar-refractivity contribution is 7.94. The fourth-order valence-electron chi connectivity index (χ4n) is 6.80. The Morgan fingerprint density at radius 3 is 2.41 bits per heavy atom. The van der Waals surface area contributed by atoms with Crippen LogP contribution >= 0.6 is 22.7 Å². The average molecular weight is 782 g/mol. The van der Waals surface area contributed by atoms with E-state index in [-0.39, 0.29) is 16.6 Å². The number of aromatic nitrogens is 4. The van der Waals surface area contributed by atoms with Crippen LogP contribution in [0.4, 0.5) is 5.82 Å². The van der Waals surface area contributed by atoms with Gasteiger partial charge in [0, 0.05) is 41.1 Å². The van der Waals surface area contributed by atoms with Crippen molar-refractivity contribution < 1.29 is 22.4 Å². The maximum absolute atomic E-state index is 13.9. The van der Waals surface area contributed by atoms with Gasteiger partial charge in [0.1, 0.15) is 15.7 Å². The van der Waals surface area contributed by atoms with Crippen LogP contribution in [0.1, 0.15) is 58.1 Å². The van der Waals surface area contributed by atoms with E-state index in [4.69, 9.17) is 24.1 Å². The summed E-state index contributed by atoms with van der Waals surface area (Å²) in [4.78, 5) is 6.85. The van der Waals surface area contributed by atoms with Crippen molar-refractivity contribution in [2.45, 2.75) is 71.9 Å². The predicted octanol–water partition coefficient (Wildman–Crippen LogP) is 9.87. The van der Waals surface area contributed by atoms with Crippen LogP contribution in [0.5, 0.6) is 0 Å². The Morgan fingerprint density at radius 1 is 0.926 bits per heavy atom. The molecule has 280 valence electrons. The highest BCUT2D eigenvalue weighted by Crippen LogP contribution is 2.42. The number of hydrogen-bond acceptors (Lipinski definition) is 10. The monoisotopic (exact) mass is 781 g/mol. The SMILES string of the molecule is CCOCc1cc(Cn2nc(-c3cccs3)c3c(C)nc(CC)cc32)ccc1-c1cccc(-c2cc(C)sc2S(=O)(=O)Nc2noc(C)c2C)c1COC. The molecule has 13 heteroatoms. The van der Waals surface area contributed by atoms with E-state index in [1.165, 1.54) is 11.3 Å². The van der Waals surface area contributed by atoms with Crippen LogP contribution in [0.15, 0.2) is 74.8 Å². The summed E-state index contributed by atoms with van der Waals surface area (Å²) < 4.78 is 49.9. The lowest BCUT2D eigenvalue weighted by Crippen LogP contribution is -2.13. The fourth-order valence-corrected chi connectivity index (χ4v) is 10.2. The minimum absolute atomic E-state index is 0.180. The molecule has 0 atom stereocenters. The predicted molar refractivity (Wildman–Crippen MR) is 217 cm³/mol. The van der Waals surface area contributed by atoms with Gasteiger partial charge in [-0.2, -0.15) is 5.10 Å². The number of pyridine rings is 1. The molecule has 0 saturated heterocycles. The maximum atomic E-state index is 13.9. The second kappa shape index (κ2) is 15.6. The van der Waals surface area contributed by atoms with Crippen molar-refractivity contribution in [3.8, 4) is 32.8 Å². The summed E-state index contributed by atoms with van der Waals surface area (Å²) in [7, 11) is -2.36.